The van der Waals surface area contributed by atoms with Crippen LogP contribution in [0.5, 0.6) is 0 Å². The summed E-state index contributed by atoms with van der Waals surface area (Å²) in [6, 6.07) is 8.37. The van der Waals surface area contributed by atoms with E-state index in [1.165, 1.54) is 3.57 Å². The van der Waals surface area contributed by atoms with E-state index in [1.807, 2.05) is 16.9 Å². The zero-order valence-electron chi connectivity index (χ0n) is 10.3. The molecule has 0 radical (unpaired) electrons. The van der Waals surface area contributed by atoms with Gasteiger partial charge in [-0.2, -0.15) is 5.10 Å². The van der Waals surface area contributed by atoms with Gasteiger partial charge in [-0.15, -0.1) is 0 Å². The van der Waals surface area contributed by atoms with Crippen LogP contribution >= 0.6 is 38.5 Å². The van der Waals surface area contributed by atoms with Crippen LogP contribution in [0.2, 0.25) is 0 Å². The Bertz CT molecular complexity index is 551. The zero-order chi connectivity index (χ0) is 13.3. The molecule has 1 heterocycles. The lowest BCUT2D eigenvalue weighted by Crippen LogP contribution is -2.19. The highest BCUT2D eigenvalue weighted by Gasteiger charge is 2.19. The second kappa shape index (κ2) is 5.71. The fourth-order valence-electron chi connectivity index (χ4n) is 1.91. The Kier molecular flexibility index (Phi) is 4.45. The average molecular weight is 420 g/mol. The van der Waals surface area contributed by atoms with E-state index in [2.05, 4.69) is 75.7 Å². The molecule has 2 aromatic rings. The molecule has 1 atom stereocenters. The van der Waals surface area contributed by atoms with Crippen molar-refractivity contribution in [3.63, 3.8) is 0 Å². The van der Waals surface area contributed by atoms with E-state index in [0.29, 0.717) is 6.04 Å². The lowest BCUT2D eigenvalue weighted by molar-refractivity contribution is 0.498. The van der Waals surface area contributed by atoms with Gasteiger partial charge in [-0.3, -0.25) is 4.68 Å². The number of nitrogens with two attached hydrogens (primary N) is 1. The zero-order valence-corrected chi connectivity index (χ0v) is 14.0. The van der Waals surface area contributed by atoms with Crippen molar-refractivity contribution in [1.29, 1.82) is 0 Å². The number of hydrogen-bond donors (Lipinski definition) is 1. The van der Waals surface area contributed by atoms with E-state index in [0.717, 1.165) is 15.7 Å². The molecule has 18 heavy (non-hydrogen) atoms. The molecule has 0 spiro atoms. The van der Waals surface area contributed by atoms with Gasteiger partial charge in [-0.05, 0) is 70.1 Å². The molecule has 2 N–H and O–H groups in total. The van der Waals surface area contributed by atoms with Crippen LogP contribution in [-0.4, -0.2) is 9.78 Å². The summed E-state index contributed by atoms with van der Waals surface area (Å²) in [6.07, 6.45) is 1.81. The van der Waals surface area contributed by atoms with Gasteiger partial charge in [0.1, 0.15) is 0 Å². The molecule has 96 valence electrons. The van der Waals surface area contributed by atoms with E-state index in [9.17, 15) is 0 Å². The average Bonchev–Trinajstić information content (AvgIpc) is 2.70. The Labute approximate surface area is 129 Å². The van der Waals surface area contributed by atoms with Crippen LogP contribution in [0, 0.1) is 3.57 Å². The van der Waals surface area contributed by atoms with E-state index in [1.54, 1.807) is 0 Å². The molecule has 0 saturated heterocycles. The van der Waals surface area contributed by atoms with Crippen molar-refractivity contribution in [3.8, 4) is 0 Å². The molecule has 0 aliphatic heterocycles. The van der Waals surface area contributed by atoms with Gasteiger partial charge in [0.2, 0.25) is 0 Å². The maximum Gasteiger partial charge on any atom is 0.0742 e. The third kappa shape index (κ3) is 2.78. The maximum atomic E-state index is 6.37. The first-order valence-corrected chi connectivity index (χ1v) is 7.62. The number of nitrogens with zero attached hydrogens (tertiary/aromatic N) is 2. The summed E-state index contributed by atoms with van der Waals surface area (Å²) in [5, 5.41) is 4.37. The van der Waals surface area contributed by atoms with Crippen LogP contribution in [0.1, 0.15) is 37.2 Å². The summed E-state index contributed by atoms with van der Waals surface area (Å²) in [7, 11) is 0. The summed E-state index contributed by atoms with van der Waals surface area (Å²) in [4.78, 5) is 0. The van der Waals surface area contributed by atoms with E-state index < -0.39 is 0 Å². The molecule has 1 aromatic carbocycles. The third-order valence-corrected chi connectivity index (χ3v) is 4.06. The highest BCUT2D eigenvalue weighted by Crippen LogP contribution is 2.29. The maximum absolute atomic E-state index is 6.37. The monoisotopic (exact) mass is 419 g/mol. The molecule has 0 amide bonds. The summed E-state index contributed by atoms with van der Waals surface area (Å²) >= 11 is 5.83. The number of rotatable bonds is 3. The molecule has 1 unspecified atom stereocenters. The Morgan fingerprint density at radius 3 is 2.72 bits per heavy atom. The van der Waals surface area contributed by atoms with Crippen molar-refractivity contribution < 1.29 is 0 Å². The molecule has 2 rings (SSSR count). The van der Waals surface area contributed by atoms with Crippen molar-refractivity contribution in [3.05, 3.63) is 49.8 Å². The first kappa shape index (κ1) is 14.0. The fraction of sp³-hybridized carbons (Fsp3) is 0.308. The summed E-state index contributed by atoms with van der Waals surface area (Å²) in [5.41, 5.74) is 8.50. The molecule has 0 aliphatic rings. The third-order valence-electron chi connectivity index (χ3n) is 2.78. The fourth-order valence-corrected chi connectivity index (χ4v) is 3.00. The molecule has 5 heteroatoms. The lowest BCUT2D eigenvalue weighted by atomic mass is 10.0. The van der Waals surface area contributed by atoms with Crippen LogP contribution in [0.25, 0.3) is 0 Å². The van der Waals surface area contributed by atoms with Gasteiger partial charge in [-0.1, -0.05) is 12.1 Å². The van der Waals surface area contributed by atoms with E-state index in [4.69, 9.17) is 5.73 Å². The van der Waals surface area contributed by atoms with Crippen molar-refractivity contribution >= 4 is 38.5 Å². The van der Waals surface area contributed by atoms with Crippen molar-refractivity contribution in [2.45, 2.75) is 25.9 Å². The molecule has 0 saturated carbocycles. The van der Waals surface area contributed by atoms with E-state index in [-0.39, 0.29) is 6.04 Å². The molecule has 0 aliphatic carbocycles. The predicted octanol–water partition coefficient (Wildman–Crippen LogP) is 3.88. The Morgan fingerprint density at radius 2 is 2.11 bits per heavy atom. The second-order valence-corrected chi connectivity index (χ2v) is 6.55. The van der Waals surface area contributed by atoms with Crippen LogP contribution in [0.3, 0.4) is 0 Å². The Hall–Kier alpha value is -0.400. The summed E-state index contributed by atoms with van der Waals surface area (Å²) in [6.45, 7) is 4.20. The minimum absolute atomic E-state index is 0.168. The van der Waals surface area contributed by atoms with Crippen LogP contribution in [0.4, 0.5) is 0 Å². The normalized spacial score (nSPS) is 13.0. The number of hydrogen-bond acceptors (Lipinski definition) is 2. The highest BCUT2D eigenvalue weighted by atomic mass is 127. The quantitative estimate of drug-likeness (QED) is 0.767. The molecule has 1 aromatic heterocycles. The predicted molar refractivity (Wildman–Crippen MR) is 85.5 cm³/mol. The molecule has 0 bridgehead atoms. The van der Waals surface area contributed by atoms with E-state index >= 15 is 0 Å². The largest absolute Gasteiger partial charge is 0.319 e. The van der Waals surface area contributed by atoms with Crippen LogP contribution in [-0.2, 0) is 0 Å². The summed E-state index contributed by atoms with van der Waals surface area (Å²) in [5.74, 6) is 0. The first-order chi connectivity index (χ1) is 8.50. The number of benzene rings is 1. The van der Waals surface area contributed by atoms with Gasteiger partial charge in [0.15, 0.2) is 0 Å². The molecule has 0 fully saturated rings. The van der Waals surface area contributed by atoms with Gasteiger partial charge in [-0.25, -0.2) is 0 Å². The lowest BCUT2D eigenvalue weighted by Gasteiger charge is -2.18. The van der Waals surface area contributed by atoms with Crippen LogP contribution < -0.4 is 5.73 Å². The van der Waals surface area contributed by atoms with Gasteiger partial charge in [0.05, 0.1) is 22.4 Å². The van der Waals surface area contributed by atoms with Crippen LogP contribution in [0.15, 0.2) is 34.9 Å². The second-order valence-electron chi connectivity index (χ2n) is 4.45. The van der Waals surface area contributed by atoms with Gasteiger partial charge in [0, 0.05) is 9.61 Å². The van der Waals surface area contributed by atoms with Crippen molar-refractivity contribution in [2.75, 3.05) is 0 Å². The topological polar surface area (TPSA) is 43.8 Å². The standard InChI is InChI=1S/C13H15BrIN3/c1-8(2)18-13(11(14)7-17-18)12(16)9-4-3-5-10(15)6-9/h3-8,12H,16H2,1-2H3. The molecular formula is C13H15BrIN3. The minimum Gasteiger partial charge on any atom is -0.319 e. The molecular weight excluding hydrogens is 405 g/mol. The SMILES string of the molecule is CC(C)n1ncc(Br)c1C(N)c1cccc(I)c1. The van der Waals surface area contributed by atoms with Crippen molar-refractivity contribution in [1.82, 2.24) is 9.78 Å². The number of halogens is 2. The Balaban J connectivity index is 2.45. The smallest absolute Gasteiger partial charge is 0.0742 e. The first-order valence-electron chi connectivity index (χ1n) is 5.74. The molecule has 3 nitrogen and oxygen atoms in total. The van der Waals surface area contributed by atoms with Gasteiger partial charge < -0.3 is 5.73 Å². The summed E-state index contributed by atoms with van der Waals surface area (Å²) < 4.78 is 4.11. The Morgan fingerprint density at radius 1 is 1.39 bits per heavy atom. The van der Waals surface area contributed by atoms with Crippen molar-refractivity contribution in [2.24, 2.45) is 5.73 Å². The minimum atomic E-state index is -0.168. The van der Waals surface area contributed by atoms with Gasteiger partial charge in [0.25, 0.3) is 0 Å². The highest BCUT2D eigenvalue weighted by molar-refractivity contribution is 14.1. The number of aromatic nitrogens is 2. The van der Waals surface area contributed by atoms with Gasteiger partial charge >= 0.3 is 0 Å².